The zero-order valence-electron chi connectivity index (χ0n) is 19.7. The third-order valence-corrected chi connectivity index (χ3v) is 7.33. The van der Waals surface area contributed by atoms with Crippen molar-refractivity contribution in [2.24, 2.45) is 0 Å². The van der Waals surface area contributed by atoms with Gasteiger partial charge in [0.05, 0.1) is 31.0 Å². The molecule has 4 aliphatic heterocycles. The fourth-order valence-electron chi connectivity index (χ4n) is 5.02. The summed E-state index contributed by atoms with van der Waals surface area (Å²) in [4.78, 5) is 28.6. The Balaban J connectivity index is 1.31. The highest BCUT2D eigenvalue weighted by Crippen LogP contribution is 2.36. The molecule has 4 aliphatic rings. The van der Waals surface area contributed by atoms with Crippen LogP contribution in [-0.4, -0.2) is 87.7 Å². The topological polar surface area (TPSA) is 88.3 Å². The fraction of sp³-hybridized carbons (Fsp3) is 0.565. The third-order valence-electron chi connectivity index (χ3n) is 6.54. The lowest BCUT2D eigenvalue weighted by atomic mass is 9.88. The number of aromatic nitrogens is 4. The van der Waals surface area contributed by atoms with Gasteiger partial charge in [0.15, 0.2) is 5.65 Å². The van der Waals surface area contributed by atoms with E-state index in [1.807, 2.05) is 41.8 Å². The highest BCUT2D eigenvalue weighted by atomic mass is 32.1. The van der Waals surface area contributed by atoms with Crippen LogP contribution in [0.4, 0.5) is 16.4 Å². The van der Waals surface area contributed by atoms with E-state index >= 15 is 0 Å². The van der Waals surface area contributed by atoms with E-state index in [0.29, 0.717) is 32.3 Å². The largest absolute Gasteiger partial charge is 0.444 e. The lowest BCUT2D eigenvalue weighted by Crippen LogP contribution is -2.70. The van der Waals surface area contributed by atoms with E-state index in [4.69, 9.17) is 19.6 Å². The Morgan fingerprint density at radius 2 is 1.91 bits per heavy atom. The Hall–Kier alpha value is -2.92. The van der Waals surface area contributed by atoms with Crippen molar-refractivity contribution in [2.75, 3.05) is 49.2 Å². The van der Waals surface area contributed by atoms with Gasteiger partial charge in [-0.2, -0.15) is 4.98 Å². The molecular weight excluding hydrogens is 454 g/mol. The van der Waals surface area contributed by atoms with Gasteiger partial charge in [0, 0.05) is 37.8 Å². The van der Waals surface area contributed by atoms with Crippen LogP contribution in [0.1, 0.15) is 27.2 Å². The van der Waals surface area contributed by atoms with Crippen LogP contribution in [0.3, 0.4) is 0 Å². The van der Waals surface area contributed by atoms with Gasteiger partial charge in [-0.25, -0.2) is 14.3 Å². The Morgan fingerprint density at radius 3 is 2.59 bits per heavy atom. The zero-order chi connectivity index (χ0) is 23.4. The molecule has 0 N–H and O–H groups in total. The quantitative estimate of drug-likeness (QED) is 0.562. The van der Waals surface area contributed by atoms with Gasteiger partial charge in [0.2, 0.25) is 5.95 Å². The molecule has 0 saturated carbocycles. The number of nitrogens with zero attached hydrogens (tertiary/aromatic N) is 7. The van der Waals surface area contributed by atoms with Crippen molar-refractivity contribution in [3.63, 3.8) is 0 Å². The molecule has 0 radical (unpaired) electrons. The normalized spacial score (nSPS) is 22.7. The molecule has 180 valence electrons. The maximum atomic E-state index is 12.7. The second kappa shape index (κ2) is 8.09. The van der Waals surface area contributed by atoms with Crippen molar-refractivity contribution in [2.45, 2.75) is 44.9 Å². The molecule has 11 heteroatoms. The number of carbonyl (C=O) groups is 1. The van der Waals surface area contributed by atoms with E-state index in [9.17, 15) is 4.79 Å². The zero-order valence-corrected chi connectivity index (χ0v) is 20.5. The van der Waals surface area contributed by atoms with Crippen molar-refractivity contribution in [3.05, 3.63) is 23.7 Å². The molecule has 10 nitrogen and oxygen atoms in total. The predicted octanol–water partition coefficient (Wildman–Crippen LogP) is 2.89. The molecular formula is C23H29N7O3S. The molecule has 4 saturated heterocycles. The number of rotatable bonds is 3. The van der Waals surface area contributed by atoms with Crippen LogP contribution in [0, 0.1) is 0 Å². The maximum Gasteiger partial charge on any atom is 0.410 e. The maximum absolute atomic E-state index is 12.7. The second-order valence-electron chi connectivity index (χ2n) is 10.0. The Bertz CT molecular complexity index is 1190. The van der Waals surface area contributed by atoms with Gasteiger partial charge in [0.25, 0.3) is 0 Å². The fourth-order valence-corrected chi connectivity index (χ4v) is 5.67. The molecule has 2 bridgehead atoms. The average molecular weight is 484 g/mol. The minimum absolute atomic E-state index is 0.123. The van der Waals surface area contributed by atoms with Crippen molar-refractivity contribution in [3.8, 4) is 10.7 Å². The Labute approximate surface area is 202 Å². The van der Waals surface area contributed by atoms with Crippen LogP contribution in [0.2, 0.25) is 0 Å². The molecule has 0 aromatic carbocycles. The number of anilines is 2. The molecule has 2 unspecified atom stereocenters. The number of piperazine rings is 1. The second-order valence-corrected chi connectivity index (χ2v) is 10.9. The highest BCUT2D eigenvalue weighted by Gasteiger charge is 2.49. The van der Waals surface area contributed by atoms with Crippen molar-refractivity contribution < 1.29 is 14.3 Å². The number of piperidine rings is 1. The van der Waals surface area contributed by atoms with Crippen LogP contribution in [0.25, 0.3) is 16.3 Å². The molecule has 34 heavy (non-hydrogen) atoms. The SMILES string of the molecule is CC(C)(C)OC(=O)N1C2CC1CN(c1nc3c(N4CCOCC4)ccc(-c4nccs4)n3n1)C2. The van der Waals surface area contributed by atoms with Gasteiger partial charge in [0.1, 0.15) is 16.3 Å². The lowest BCUT2D eigenvalue weighted by Gasteiger charge is -2.55. The van der Waals surface area contributed by atoms with Crippen molar-refractivity contribution >= 4 is 34.7 Å². The summed E-state index contributed by atoms with van der Waals surface area (Å²) < 4.78 is 13.1. The number of thiazole rings is 1. The number of hydrogen-bond donors (Lipinski definition) is 0. The first-order valence-electron chi connectivity index (χ1n) is 11.8. The molecule has 3 aromatic rings. The lowest BCUT2D eigenvalue weighted by molar-refractivity contribution is -0.0381. The number of hydrogen-bond acceptors (Lipinski definition) is 9. The summed E-state index contributed by atoms with van der Waals surface area (Å²) in [6, 6.07) is 4.44. The number of ether oxygens (including phenoxy) is 2. The first-order valence-corrected chi connectivity index (χ1v) is 12.6. The summed E-state index contributed by atoms with van der Waals surface area (Å²) in [5.41, 5.74) is 2.32. The smallest absolute Gasteiger partial charge is 0.410 e. The van der Waals surface area contributed by atoms with E-state index in [1.54, 1.807) is 11.3 Å². The number of morpholine rings is 1. The van der Waals surface area contributed by atoms with Crippen LogP contribution in [0.5, 0.6) is 0 Å². The number of fused-ring (bicyclic) bond motifs is 3. The van der Waals surface area contributed by atoms with Crippen LogP contribution in [0.15, 0.2) is 23.7 Å². The Morgan fingerprint density at radius 1 is 1.15 bits per heavy atom. The number of amides is 1. The Kier molecular flexibility index (Phi) is 5.14. The summed E-state index contributed by atoms with van der Waals surface area (Å²) in [6.45, 7) is 10.2. The predicted molar refractivity (Wildman–Crippen MR) is 130 cm³/mol. The van der Waals surface area contributed by atoms with Gasteiger partial charge in [-0.1, -0.05) is 0 Å². The van der Waals surface area contributed by atoms with Gasteiger partial charge in [-0.15, -0.1) is 16.4 Å². The highest BCUT2D eigenvalue weighted by molar-refractivity contribution is 7.13. The molecule has 1 amide bonds. The first kappa shape index (κ1) is 21.6. The molecule has 2 atom stereocenters. The van der Waals surface area contributed by atoms with E-state index in [0.717, 1.165) is 41.5 Å². The summed E-state index contributed by atoms with van der Waals surface area (Å²) >= 11 is 1.59. The van der Waals surface area contributed by atoms with Crippen molar-refractivity contribution in [1.29, 1.82) is 0 Å². The molecule has 0 aliphatic carbocycles. The van der Waals surface area contributed by atoms with Crippen molar-refractivity contribution in [1.82, 2.24) is 24.5 Å². The molecule has 3 aromatic heterocycles. The molecule has 4 fully saturated rings. The minimum atomic E-state index is -0.494. The van der Waals surface area contributed by atoms with Gasteiger partial charge < -0.3 is 19.3 Å². The first-order chi connectivity index (χ1) is 16.4. The summed E-state index contributed by atoms with van der Waals surface area (Å²) in [5, 5.41) is 7.82. The number of carbonyl (C=O) groups excluding carboxylic acids is 1. The van der Waals surface area contributed by atoms with E-state index in [-0.39, 0.29) is 18.2 Å². The summed E-state index contributed by atoms with van der Waals surface area (Å²) in [6.07, 6.45) is 2.58. The standard InChI is InChI=1S/C23H29N7O3S/c1-23(2,3)33-22(31)29-15-12-16(29)14-28(13-15)21-25-19-17(27-7-9-32-10-8-27)4-5-18(30(19)26-21)20-24-6-11-34-20/h4-6,11,15-16H,7-10,12-14H2,1-3H3. The van der Waals surface area contributed by atoms with Crippen LogP contribution >= 0.6 is 11.3 Å². The van der Waals surface area contributed by atoms with Gasteiger partial charge in [-0.3, -0.25) is 4.90 Å². The van der Waals surface area contributed by atoms with Gasteiger partial charge >= 0.3 is 6.09 Å². The molecule has 7 heterocycles. The average Bonchev–Trinajstić information content (AvgIpc) is 3.48. The third kappa shape index (κ3) is 3.76. The monoisotopic (exact) mass is 483 g/mol. The summed E-state index contributed by atoms with van der Waals surface area (Å²) in [5.74, 6) is 0.692. The molecule has 0 spiro atoms. The van der Waals surface area contributed by atoms with E-state index < -0.39 is 5.60 Å². The minimum Gasteiger partial charge on any atom is -0.444 e. The molecule has 7 rings (SSSR count). The summed E-state index contributed by atoms with van der Waals surface area (Å²) in [7, 11) is 0. The van der Waals surface area contributed by atoms with E-state index in [2.05, 4.69) is 26.9 Å². The van der Waals surface area contributed by atoms with E-state index in [1.165, 1.54) is 0 Å². The van der Waals surface area contributed by atoms with Gasteiger partial charge in [-0.05, 0) is 39.3 Å². The van der Waals surface area contributed by atoms with Crippen LogP contribution in [-0.2, 0) is 9.47 Å². The van der Waals surface area contributed by atoms with Crippen LogP contribution < -0.4 is 9.80 Å². The number of pyridine rings is 1.